The maximum absolute atomic E-state index is 13.5. The largest absolute Gasteiger partial charge is 0.454 e. The lowest BCUT2D eigenvalue weighted by molar-refractivity contribution is -0.305. The summed E-state index contributed by atoms with van der Waals surface area (Å²) in [5.41, 5.74) is 0. The van der Waals surface area contributed by atoms with Crippen LogP contribution in [0.25, 0.3) is 0 Å². The Morgan fingerprint density at radius 3 is 1.33 bits per heavy atom. The number of hydrogen-bond acceptors (Lipinski definition) is 10. The molecule has 0 radical (unpaired) electrons. The number of amides is 1. The van der Waals surface area contributed by atoms with Gasteiger partial charge in [0.05, 0.1) is 25.4 Å². The summed E-state index contributed by atoms with van der Waals surface area (Å²) in [6.45, 7) is 5.62. The molecule has 8 unspecified atom stereocenters. The molecular weight excluding hydrogens is 1040 g/mol. The minimum absolute atomic E-state index is 0.0774. The monoisotopic (exact) mass is 1160 g/mol. The van der Waals surface area contributed by atoms with Gasteiger partial charge in [0, 0.05) is 6.42 Å². The molecule has 0 bridgehead atoms. The summed E-state index contributed by atoms with van der Waals surface area (Å²) in [4.78, 5) is 26.6. The second kappa shape index (κ2) is 58.4. The van der Waals surface area contributed by atoms with Crippen molar-refractivity contribution < 1.29 is 49.3 Å². The molecule has 1 aliphatic rings. The van der Waals surface area contributed by atoms with Crippen molar-refractivity contribution in [3.63, 3.8) is 0 Å². The molecule has 1 amide bonds. The molecule has 1 saturated heterocycles. The van der Waals surface area contributed by atoms with E-state index in [0.29, 0.717) is 12.8 Å². The van der Waals surface area contributed by atoms with Gasteiger partial charge in [-0.15, -0.1) is 0 Å². The topological polar surface area (TPSA) is 175 Å². The van der Waals surface area contributed by atoms with Crippen molar-refractivity contribution in [3.8, 4) is 0 Å². The normalized spacial score (nSPS) is 19.3. The van der Waals surface area contributed by atoms with Crippen LogP contribution in [-0.2, 0) is 23.8 Å². The zero-order chi connectivity index (χ0) is 60.3. The van der Waals surface area contributed by atoms with E-state index in [4.69, 9.17) is 14.2 Å². The van der Waals surface area contributed by atoms with Crippen molar-refractivity contribution in [1.82, 2.24) is 5.32 Å². The molecule has 11 nitrogen and oxygen atoms in total. The molecule has 0 saturated carbocycles. The standard InChI is InChI=1S/C72H121NO10/c1-4-7-10-13-16-19-22-24-26-28-30-31-32-33-34-36-37-39-41-44-47-50-53-56-59-65(76)71(80)73-63(64(75)58-55-52-49-46-43-21-18-15-12-9-6-3)62-81-72-70(69(79)68(78)66(61-74)82-72)83-67(77)60-57-54-51-48-45-42-40-38-35-29-27-25-23-20-17-14-11-8-5-2/h8,11,16-17,19-20,24-27,30-31,33-35,38,42,45,55,58,63-66,68-70,72,74-76,78-79H,4-7,9-10,12-15,18,21-23,28-29,32,36-37,39-41,43-44,46-54,56-57,59-62H2,1-3H3,(H,73,80)/b11-8-,19-16-,20-17-,26-24-,27-25-,31-30-,34-33-,38-35-,45-42-,58-55+. The summed E-state index contributed by atoms with van der Waals surface area (Å²) in [5.74, 6) is -1.24. The average Bonchev–Trinajstić information content (AvgIpc) is 3.69. The molecule has 1 rings (SSSR count). The van der Waals surface area contributed by atoms with E-state index in [9.17, 15) is 35.1 Å². The van der Waals surface area contributed by atoms with E-state index in [1.165, 1.54) is 83.5 Å². The third-order valence-corrected chi connectivity index (χ3v) is 14.8. The third-order valence-electron chi connectivity index (χ3n) is 14.8. The van der Waals surface area contributed by atoms with Crippen LogP contribution in [-0.4, -0.2) is 99.6 Å². The molecule has 1 heterocycles. The van der Waals surface area contributed by atoms with E-state index >= 15 is 0 Å². The van der Waals surface area contributed by atoms with Crippen LogP contribution >= 0.6 is 0 Å². The molecule has 83 heavy (non-hydrogen) atoms. The van der Waals surface area contributed by atoms with Crippen molar-refractivity contribution in [2.45, 2.75) is 307 Å². The highest BCUT2D eigenvalue weighted by atomic mass is 16.7. The van der Waals surface area contributed by atoms with Gasteiger partial charge >= 0.3 is 5.97 Å². The maximum atomic E-state index is 13.5. The molecule has 6 N–H and O–H groups in total. The fraction of sp³-hybridized carbons (Fsp3) is 0.694. The number of carbonyl (C=O) groups excluding carboxylic acids is 2. The average molecular weight is 1160 g/mol. The number of ether oxygens (including phenoxy) is 3. The lowest BCUT2D eigenvalue weighted by atomic mass is 9.99. The molecule has 0 aromatic heterocycles. The van der Waals surface area contributed by atoms with Crippen LogP contribution in [0.3, 0.4) is 0 Å². The van der Waals surface area contributed by atoms with Gasteiger partial charge in [0.1, 0.15) is 24.4 Å². The molecule has 11 heteroatoms. The first-order valence-electron chi connectivity index (χ1n) is 33.3. The molecular formula is C72H121NO10. The smallest absolute Gasteiger partial charge is 0.306 e. The van der Waals surface area contributed by atoms with Crippen LogP contribution in [0.1, 0.15) is 258 Å². The molecule has 0 aromatic rings. The minimum Gasteiger partial charge on any atom is -0.454 e. The van der Waals surface area contributed by atoms with Gasteiger partial charge in [-0.1, -0.05) is 258 Å². The van der Waals surface area contributed by atoms with E-state index < -0.39 is 67.4 Å². The number of rotatable bonds is 55. The fourth-order valence-electron chi connectivity index (χ4n) is 9.60. The molecule has 474 valence electrons. The molecule has 0 aromatic carbocycles. The summed E-state index contributed by atoms with van der Waals surface area (Å²) in [7, 11) is 0. The van der Waals surface area contributed by atoms with E-state index in [2.05, 4.69) is 135 Å². The number of aliphatic hydroxyl groups excluding tert-OH is 5. The highest BCUT2D eigenvalue weighted by molar-refractivity contribution is 5.80. The number of unbranched alkanes of at least 4 members (excludes halogenated alkanes) is 23. The Kier molecular flexibility index (Phi) is 54.3. The van der Waals surface area contributed by atoms with Gasteiger partial charge in [-0.3, -0.25) is 9.59 Å². The number of allylic oxidation sites excluding steroid dienone is 19. The SMILES string of the molecule is CC/C=C\C/C=C\C/C=C\C/C=C\C/C=C\CCCCCC(=O)OC1C(OCC(NC(=O)C(O)CCCCCCCCCC/C=C\C/C=C\C/C=C\C/C=C\CCCCC)C(O)/C=C/CCCCCCCCCCC)OC(CO)C(O)C1O. The first-order chi connectivity index (χ1) is 40.7. The Labute approximate surface area is 506 Å². The summed E-state index contributed by atoms with van der Waals surface area (Å²) in [6.07, 6.45) is 70.9. The molecule has 0 spiro atoms. The quantitative estimate of drug-likeness (QED) is 0.0195. The molecule has 1 fully saturated rings. The van der Waals surface area contributed by atoms with Gasteiger partial charge in [-0.25, -0.2) is 0 Å². The lowest BCUT2D eigenvalue weighted by Gasteiger charge is -2.41. The van der Waals surface area contributed by atoms with E-state index in [-0.39, 0.29) is 19.4 Å². The predicted octanol–water partition coefficient (Wildman–Crippen LogP) is 16.6. The van der Waals surface area contributed by atoms with Gasteiger partial charge in [0.25, 0.3) is 0 Å². The summed E-state index contributed by atoms with van der Waals surface area (Å²) >= 11 is 0. The maximum Gasteiger partial charge on any atom is 0.306 e. The van der Waals surface area contributed by atoms with Gasteiger partial charge in [0.2, 0.25) is 5.91 Å². The van der Waals surface area contributed by atoms with Crippen LogP contribution in [0, 0.1) is 0 Å². The molecule has 1 aliphatic heterocycles. The Morgan fingerprint density at radius 1 is 0.482 bits per heavy atom. The van der Waals surface area contributed by atoms with Crippen molar-refractivity contribution in [1.29, 1.82) is 0 Å². The summed E-state index contributed by atoms with van der Waals surface area (Å²) < 4.78 is 17.6. The number of carbonyl (C=O) groups is 2. The number of nitrogens with one attached hydrogen (secondary N) is 1. The van der Waals surface area contributed by atoms with Crippen molar-refractivity contribution in [2.24, 2.45) is 0 Å². The zero-order valence-electron chi connectivity index (χ0n) is 52.5. The zero-order valence-corrected chi connectivity index (χ0v) is 52.5. The second-order valence-corrected chi connectivity index (χ2v) is 22.5. The van der Waals surface area contributed by atoms with Gasteiger partial charge in [0.15, 0.2) is 12.4 Å². The Hall–Kier alpha value is -3.94. The fourth-order valence-corrected chi connectivity index (χ4v) is 9.60. The van der Waals surface area contributed by atoms with Crippen LogP contribution in [0.4, 0.5) is 0 Å². The highest BCUT2D eigenvalue weighted by Gasteiger charge is 2.47. The number of esters is 1. The first kappa shape index (κ1) is 77.1. The van der Waals surface area contributed by atoms with E-state index in [1.54, 1.807) is 6.08 Å². The van der Waals surface area contributed by atoms with Gasteiger partial charge in [-0.05, 0) is 116 Å². The highest BCUT2D eigenvalue weighted by Crippen LogP contribution is 2.26. The second-order valence-electron chi connectivity index (χ2n) is 22.5. The summed E-state index contributed by atoms with van der Waals surface area (Å²) in [6, 6.07) is -1.04. The molecule has 8 atom stereocenters. The number of hydrogen-bond donors (Lipinski definition) is 6. The minimum atomic E-state index is -1.64. The van der Waals surface area contributed by atoms with E-state index in [0.717, 1.165) is 128 Å². The Balaban J connectivity index is 2.64. The van der Waals surface area contributed by atoms with Gasteiger partial charge in [-0.2, -0.15) is 0 Å². The van der Waals surface area contributed by atoms with E-state index in [1.807, 2.05) is 6.08 Å². The van der Waals surface area contributed by atoms with Crippen LogP contribution < -0.4 is 5.32 Å². The van der Waals surface area contributed by atoms with Crippen LogP contribution in [0.2, 0.25) is 0 Å². The van der Waals surface area contributed by atoms with Crippen molar-refractivity contribution >= 4 is 11.9 Å². The Morgan fingerprint density at radius 2 is 0.867 bits per heavy atom. The Bertz CT molecular complexity index is 1810. The van der Waals surface area contributed by atoms with Crippen molar-refractivity contribution in [3.05, 3.63) is 122 Å². The predicted molar refractivity (Wildman–Crippen MR) is 347 cm³/mol. The first-order valence-corrected chi connectivity index (χ1v) is 33.3. The number of aliphatic hydroxyl groups is 5. The van der Waals surface area contributed by atoms with Crippen LogP contribution in [0.15, 0.2) is 122 Å². The van der Waals surface area contributed by atoms with Crippen molar-refractivity contribution in [2.75, 3.05) is 13.2 Å². The lowest BCUT2D eigenvalue weighted by Crippen LogP contribution is -2.61. The van der Waals surface area contributed by atoms with Gasteiger partial charge < -0.3 is 45.1 Å². The third kappa shape index (κ3) is 46.0. The summed E-state index contributed by atoms with van der Waals surface area (Å²) in [5, 5.41) is 57.1. The molecule has 0 aliphatic carbocycles. The van der Waals surface area contributed by atoms with Crippen LogP contribution in [0.5, 0.6) is 0 Å².